The summed E-state index contributed by atoms with van der Waals surface area (Å²) in [4.78, 5) is 0. The van der Waals surface area contributed by atoms with E-state index in [1.54, 1.807) is 0 Å². The SMILES string of the molecule is CCCOc1cccc(NCCOCC)c1N. The normalized spacial score (nSPS) is 10.2. The summed E-state index contributed by atoms with van der Waals surface area (Å²) in [5, 5.41) is 3.23. The first kappa shape index (κ1) is 13.6. The second-order valence-electron chi connectivity index (χ2n) is 3.69. The average molecular weight is 238 g/mol. The number of nitrogens with two attached hydrogens (primary N) is 1. The van der Waals surface area contributed by atoms with Crippen LogP contribution in [0.15, 0.2) is 18.2 Å². The van der Waals surface area contributed by atoms with Crippen LogP contribution in [0.4, 0.5) is 11.4 Å². The number of para-hydroxylation sites is 1. The zero-order chi connectivity index (χ0) is 12.5. The van der Waals surface area contributed by atoms with Gasteiger partial charge < -0.3 is 20.5 Å². The molecule has 0 unspecified atom stereocenters. The zero-order valence-corrected chi connectivity index (χ0v) is 10.7. The van der Waals surface area contributed by atoms with Crippen molar-refractivity contribution in [1.29, 1.82) is 0 Å². The van der Waals surface area contributed by atoms with Gasteiger partial charge in [-0.25, -0.2) is 0 Å². The van der Waals surface area contributed by atoms with Crippen molar-refractivity contribution in [3.63, 3.8) is 0 Å². The Bertz CT molecular complexity index is 329. The molecule has 96 valence electrons. The molecule has 0 saturated carbocycles. The van der Waals surface area contributed by atoms with Crippen LogP contribution in [0.25, 0.3) is 0 Å². The third-order valence-electron chi connectivity index (χ3n) is 2.29. The predicted octanol–water partition coefficient (Wildman–Crippen LogP) is 2.51. The first-order chi connectivity index (χ1) is 8.29. The van der Waals surface area contributed by atoms with Gasteiger partial charge in [0.25, 0.3) is 0 Å². The monoisotopic (exact) mass is 238 g/mol. The van der Waals surface area contributed by atoms with Crippen molar-refractivity contribution in [2.24, 2.45) is 0 Å². The highest BCUT2D eigenvalue weighted by Gasteiger charge is 2.04. The number of ether oxygens (including phenoxy) is 2. The molecule has 0 atom stereocenters. The molecular formula is C13H22N2O2. The van der Waals surface area contributed by atoms with E-state index in [4.69, 9.17) is 15.2 Å². The lowest BCUT2D eigenvalue weighted by molar-refractivity contribution is 0.158. The highest BCUT2D eigenvalue weighted by atomic mass is 16.5. The second kappa shape index (κ2) is 7.79. The van der Waals surface area contributed by atoms with Crippen molar-refractivity contribution in [3.8, 4) is 5.75 Å². The third-order valence-corrected chi connectivity index (χ3v) is 2.29. The van der Waals surface area contributed by atoms with Gasteiger partial charge in [-0.05, 0) is 25.5 Å². The number of benzene rings is 1. The molecule has 4 nitrogen and oxygen atoms in total. The van der Waals surface area contributed by atoms with Crippen molar-refractivity contribution >= 4 is 11.4 Å². The second-order valence-corrected chi connectivity index (χ2v) is 3.69. The van der Waals surface area contributed by atoms with Crippen molar-refractivity contribution < 1.29 is 9.47 Å². The largest absolute Gasteiger partial charge is 0.491 e. The molecule has 1 rings (SSSR count). The van der Waals surface area contributed by atoms with Gasteiger partial charge in [0, 0.05) is 13.2 Å². The van der Waals surface area contributed by atoms with Gasteiger partial charge in [-0.1, -0.05) is 13.0 Å². The number of hydrogen-bond donors (Lipinski definition) is 2. The Morgan fingerprint density at radius 2 is 2.06 bits per heavy atom. The maximum atomic E-state index is 6.01. The van der Waals surface area contributed by atoms with Gasteiger partial charge in [-0.15, -0.1) is 0 Å². The molecule has 0 heterocycles. The summed E-state index contributed by atoms with van der Waals surface area (Å²) in [6.07, 6.45) is 0.974. The fourth-order valence-electron chi connectivity index (χ4n) is 1.44. The molecule has 17 heavy (non-hydrogen) atoms. The molecular weight excluding hydrogens is 216 g/mol. The van der Waals surface area contributed by atoms with E-state index in [2.05, 4.69) is 12.2 Å². The van der Waals surface area contributed by atoms with Crippen molar-refractivity contribution in [2.75, 3.05) is 37.4 Å². The number of nitrogen functional groups attached to an aromatic ring is 1. The summed E-state index contributed by atoms with van der Waals surface area (Å²) >= 11 is 0. The minimum atomic E-state index is 0.664. The molecule has 0 fully saturated rings. The summed E-state index contributed by atoms with van der Waals surface area (Å²) in [6.45, 7) is 6.89. The number of nitrogens with one attached hydrogen (secondary N) is 1. The fraction of sp³-hybridized carbons (Fsp3) is 0.538. The molecule has 0 radical (unpaired) electrons. The molecule has 4 heteroatoms. The molecule has 0 aliphatic carbocycles. The summed E-state index contributed by atoms with van der Waals surface area (Å²) in [7, 11) is 0. The van der Waals surface area contributed by atoms with E-state index in [0.29, 0.717) is 18.9 Å². The first-order valence-corrected chi connectivity index (χ1v) is 6.12. The van der Waals surface area contributed by atoms with Crippen LogP contribution in [0, 0.1) is 0 Å². The van der Waals surface area contributed by atoms with Gasteiger partial charge in [-0.3, -0.25) is 0 Å². The standard InChI is InChI=1S/C13H22N2O2/c1-3-9-17-12-7-5-6-11(13(12)14)15-8-10-16-4-2/h5-7,15H,3-4,8-10,14H2,1-2H3. The Hall–Kier alpha value is -1.42. The quantitative estimate of drug-likeness (QED) is 0.539. The van der Waals surface area contributed by atoms with Crippen molar-refractivity contribution in [2.45, 2.75) is 20.3 Å². The smallest absolute Gasteiger partial charge is 0.144 e. The highest BCUT2D eigenvalue weighted by molar-refractivity contribution is 5.72. The maximum absolute atomic E-state index is 6.01. The van der Waals surface area contributed by atoms with Gasteiger partial charge in [0.2, 0.25) is 0 Å². The van der Waals surface area contributed by atoms with E-state index < -0.39 is 0 Å². The minimum Gasteiger partial charge on any atom is -0.491 e. The number of anilines is 2. The van der Waals surface area contributed by atoms with Gasteiger partial charge in [0.05, 0.1) is 24.6 Å². The Morgan fingerprint density at radius 3 is 2.76 bits per heavy atom. The van der Waals surface area contributed by atoms with Crippen LogP contribution in [0.1, 0.15) is 20.3 Å². The van der Waals surface area contributed by atoms with E-state index in [0.717, 1.165) is 31.0 Å². The van der Waals surface area contributed by atoms with Gasteiger partial charge in [0.1, 0.15) is 5.75 Å². The predicted molar refractivity (Wildman–Crippen MR) is 71.6 cm³/mol. The molecule has 0 aliphatic heterocycles. The highest BCUT2D eigenvalue weighted by Crippen LogP contribution is 2.29. The van der Waals surface area contributed by atoms with Crippen LogP contribution in [-0.4, -0.2) is 26.4 Å². The lowest BCUT2D eigenvalue weighted by Gasteiger charge is -2.13. The lowest BCUT2D eigenvalue weighted by Crippen LogP contribution is -2.11. The van der Waals surface area contributed by atoms with Crippen LogP contribution < -0.4 is 15.8 Å². The lowest BCUT2D eigenvalue weighted by atomic mass is 10.2. The summed E-state index contributed by atoms with van der Waals surface area (Å²) < 4.78 is 10.8. The molecule has 1 aromatic carbocycles. The number of hydrogen-bond acceptors (Lipinski definition) is 4. The first-order valence-electron chi connectivity index (χ1n) is 6.12. The maximum Gasteiger partial charge on any atom is 0.144 e. The third kappa shape index (κ3) is 4.53. The Balaban J connectivity index is 2.53. The topological polar surface area (TPSA) is 56.5 Å². The van der Waals surface area contributed by atoms with E-state index in [1.807, 2.05) is 25.1 Å². The molecule has 0 spiro atoms. The van der Waals surface area contributed by atoms with Crippen LogP contribution in [0.2, 0.25) is 0 Å². The zero-order valence-electron chi connectivity index (χ0n) is 10.7. The molecule has 0 amide bonds. The van der Waals surface area contributed by atoms with E-state index >= 15 is 0 Å². The van der Waals surface area contributed by atoms with Gasteiger partial charge in [0.15, 0.2) is 0 Å². The van der Waals surface area contributed by atoms with Crippen molar-refractivity contribution in [3.05, 3.63) is 18.2 Å². The molecule has 0 saturated heterocycles. The minimum absolute atomic E-state index is 0.664. The van der Waals surface area contributed by atoms with Crippen LogP contribution in [0.3, 0.4) is 0 Å². The van der Waals surface area contributed by atoms with Gasteiger partial charge in [-0.2, -0.15) is 0 Å². The van der Waals surface area contributed by atoms with E-state index in [9.17, 15) is 0 Å². The van der Waals surface area contributed by atoms with Crippen molar-refractivity contribution in [1.82, 2.24) is 0 Å². The van der Waals surface area contributed by atoms with Crippen LogP contribution >= 0.6 is 0 Å². The summed E-state index contributed by atoms with van der Waals surface area (Å²) in [6, 6.07) is 5.77. The summed E-state index contributed by atoms with van der Waals surface area (Å²) in [5.74, 6) is 0.744. The van der Waals surface area contributed by atoms with E-state index in [1.165, 1.54) is 0 Å². The van der Waals surface area contributed by atoms with Gasteiger partial charge >= 0.3 is 0 Å². The fourth-order valence-corrected chi connectivity index (χ4v) is 1.44. The Labute approximate surface area is 103 Å². The molecule has 0 aromatic heterocycles. The molecule has 0 aliphatic rings. The van der Waals surface area contributed by atoms with E-state index in [-0.39, 0.29) is 0 Å². The Kier molecular flexibility index (Phi) is 6.25. The molecule has 1 aromatic rings. The average Bonchev–Trinajstić information content (AvgIpc) is 2.35. The molecule has 0 bridgehead atoms. The number of rotatable bonds is 8. The van der Waals surface area contributed by atoms with Crippen LogP contribution in [-0.2, 0) is 4.74 Å². The van der Waals surface area contributed by atoms with Crippen LogP contribution in [0.5, 0.6) is 5.75 Å². The summed E-state index contributed by atoms with van der Waals surface area (Å²) in [5.41, 5.74) is 7.58. The molecule has 3 N–H and O–H groups in total. The Morgan fingerprint density at radius 1 is 1.24 bits per heavy atom.